The summed E-state index contributed by atoms with van der Waals surface area (Å²) in [6.07, 6.45) is 10.1. The van der Waals surface area contributed by atoms with Crippen LogP contribution in [0.25, 0.3) is 0 Å². The Kier molecular flexibility index (Phi) is 9.93. The van der Waals surface area contributed by atoms with Crippen LogP contribution in [0.4, 0.5) is 0 Å². The Labute approximate surface area is 186 Å². The highest BCUT2D eigenvalue weighted by molar-refractivity contribution is 5.70. The SMILES string of the molecule is COc1ccc(CCC[N+]2(CC(=O)OC3CCCCC3)CCCC(N)C2)cc1.[Br-]. The molecule has 1 heterocycles. The second-order valence-corrected chi connectivity index (χ2v) is 8.73. The van der Waals surface area contributed by atoms with Gasteiger partial charge in [0.2, 0.25) is 0 Å². The number of halogens is 1. The van der Waals surface area contributed by atoms with E-state index in [2.05, 4.69) is 12.1 Å². The number of quaternary nitrogens is 1. The molecule has 2 N–H and O–H groups in total. The lowest BCUT2D eigenvalue weighted by atomic mass is 9.98. The Balaban J connectivity index is 0.00000300. The molecule has 0 radical (unpaired) electrons. The van der Waals surface area contributed by atoms with Crippen molar-refractivity contribution in [2.45, 2.75) is 69.9 Å². The maximum atomic E-state index is 12.7. The van der Waals surface area contributed by atoms with Gasteiger partial charge in [-0.1, -0.05) is 18.6 Å². The summed E-state index contributed by atoms with van der Waals surface area (Å²) in [6.45, 7) is 3.39. The summed E-state index contributed by atoms with van der Waals surface area (Å²) >= 11 is 0. The van der Waals surface area contributed by atoms with E-state index in [4.69, 9.17) is 15.2 Å². The quantitative estimate of drug-likeness (QED) is 0.444. The van der Waals surface area contributed by atoms with Crippen molar-refractivity contribution in [2.24, 2.45) is 5.73 Å². The van der Waals surface area contributed by atoms with Crippen LogP contribution in [-0.4, -0.2) is 55.9 Å². The van der Waals surface area contributed by atoms with E-state index in [1.165, 1.54) is 24.8 Å². The largest absolute Gasteiger partial charge is 1.00 e. The van der Waals surface area contributed by atoms with Crippen molar-refractivity contribution >= 4 is 5.97 Å². The molecule has 29 heavy (non-hydrogen) atoms. The third kappa shape index (κ3) is 7.58. The molecule has 2 aliphatic rings. The third-order valence-electron chi connectivity index (χ3n) is 6.40. The molecule has 164 valence electrons. The van der Waals surface area contributed by atoms with Crippen molar-refractivity contribution in [3.8, 4) is 5.75 Å². The number of nitrogens with two attached hydrogens (primary N) is 1. The maximum absolute atomic E-state index is 12.7. The summed E-state index contributed by atoms with van der Waals surface area (Å²) < 4.78 is 11.9. The average Bonchev–Trinajstić information content (AvgIpc) is 2.69. The standard InChI is InChI=1S/C23H37N2O3.BrH/c1-27-21-13-11-19(12-14-21)7-5-15-25(16-6-8-20(24)17-25)18-23(26)28-22-9-3-2-4-10-22;/h11-14,20,22H,2-10,15-18,24H2,1H3;1H/q+1;/p-1. The minimum atomic E-state index is -0.0227. The Morgan fingerprint density at radius 2 is 1.83 bits per heavy atom. The van der Waals surface area contributed by atoms with Crippen LogP contribution in [0.1, 0.15) is 56.9 Å². The molecule has 2 unspecified atom stereocenters. The van der Waals surface area contributed by atoms with E-state index >= 15 is 0 Å². The Bertz CT molecular complexity index is 619. The van der Waals surface area contributed by atoms with E-state index in [0.717, 1.165) is 68.4 Å². The highest BCUT2D eigenvalue weighted by atomic mass is 79.9. The molecule has 1 saturated carbocycles. The van der Waals surface area contributed by atoms with E-state index in [1.807, 2.05) is 12.1 Å². The van der Waals surface area contributed by atoms with Gasteiger partial charge in [0.15, 0.2) is 6.54 Å². The first kappa shape index (κ1) is 24.2. The number of likely N-dealkylation sites (tertiary alicyclic amines) is 1. The number of ether oxygens (including phenoxy) is 2. The molecule has 1 aliphatic carbocycles. The van der Waals surface area contributed by atoms with Crippen molar-refractivity contribution in [1.82, 2.24) is 0 Å². The molecule has 0 spiro atoms. The van der Waals surface area contributed by atoms with Gasteiger partial charge in [0.25, 0.3) is 0 Å². The van der Waals surface area contributed by atoms with E-state index in [-0.39, 0.29) is 35.1 Å². The zero-order chi connectivity index (χ0) is 19.8. The molecular formula is C23H37BrN2O3. The molecule has 1 saturated heterocycles. The predicted molar refractivity (Wildman–Crippen MR) is 111 cm³/mol. The number of carbonyl (C=O) groups is 1. The van der Waals surface area contributed by atoms with Gasteiger partial charge in [0.1, 0.15) is 11.9 Å². The minimum Gasteiger partial charge on any atom is -1.00 e. The number of aryl methyl sites for hydroxylation is 1. The van der Waals surface area contributed by atoms with Crippen molar-refractivity contribution in [2.75, 3.05) is 33.3 Å². The molecular weight excluding hydrogens is 432 g/mol. The lowest BCUT2D eigenvalue weighted by molar-refractivity contribution is -0.926. The highest BCUT2D eigenvalue weighted by Crippen LogP contribution is 2.23. The van der Waals surface area contributed by atoms with E-state index in [0.29, 0.717) is 6.54 Å². The number of piperidine rings is 1. The fourth-order valence-corrected chi connectivity index (χ4v) is 4.89. The number of esters is 1. The molecule has 1 aromatic rings. The fraction of sp³-hybridized carbons (Fsp3) is 0.696. The Morgan fingerprint density at radius 1 is 1.10 bits per heavy atom. The van der Waals surface area contributed by atoms with Gasteiger partial charge < -0.3 is 36.7 Å². The van der Waals surface area contributed by atoms with Crippen molar-refractivity contribution in [3.63, 3.8) is 0 Å². The monoisotopic (exact) mass is 468 g/mol. The van der Waals surface area contributed by atoms with E-state index in [1.54, 1.807) is 7.11 Å². The Morgan fingerprint density at radius 3 is 2.48 bits per heavy atom. The lowest BCUT2D eigenvalue weighted by Crippen LogP contribution is -3.00. The molecule has 0 bridgehead atoms. The summed E-state index contributed by atoms with van der Waals surface area (Å²) in [5, 5.41) is 0. The van der Waals surface area contributed by atoms with Crippen molar-refractivity contribution in [3.05, 3.63) is 29.8 Å². The van der Waals surface area contributed by atoms with Crippen LogP contribution < -0.4 is 27.5 Å². The van der Waals surface area contributed by atoms with Gasteiger partial charge in [-0.05, 0) is 62.6 Å². The van der Waals surface area contributed by atoms with Gasteiger partial charge >= 0.3 is 5.97 Å². The van der Waals surface area contributed by atoms with Crippen LogP contribution in [0.15, 0.2) is 24.3 Å². The number of methoxy groups -OCH3 is 1. The summed E-state index contributed by atoms with van der Waals surface area (Å²) in [5.74, 6) is 0.866. The van der Waals surface area contributed by atoms with Crippen LogP contribution in [0.3, 0.4) is 0 Å². The van der Waals surface area contributed by atoms with Gasteiger partial charge in [-0.15, -0.1) is 0 Å². The molecule has 5 nitrogen and oxygen atoms in total. The number of carbonyl (C=O) groups excluding carboxylic acids is 1. The highest BCUT2D eigenvalue weighted by Gasteiger charge is 2.36. The zero-order valence-electron chi connectivity index (χ0n) is 17.8. The molecule has 6 heteroatoms. The van der Waals surface area contributed by atoms with Gasteiger partial charge in [-0.3, -0.25) is 0 Å². The minimum absolute atomic E-state index is 0. The van der Waals surface area contributed by atoms with Crippen LogP contribution in [0.5, 0.6) is 5.75 Å². The van der Waals surface area contributed by atoms with Gasteiger partial charge in [-0.25, -0.2) is 4.79 Å². The number of hydrogen-bond acceptors (Lipinski definition) is 4. The van der Waals surface area contributed by atoms with Gasteiger partial charge in [0, 0.05) is 6.42 Å². The van der Waals surface area contributed by atoms with E-state index < -0.39 is 0 Å². The first-order chi connectivity index (χ1) is 13.6. The number of benzene rings is 1. The number of hydrogen-bond donors (Lipinski definition) is 1. The average molecular weight is 469 g/mol. The predicted octanol–water partition coefficient (Wildman–Crippen LogP) is 0.446. The summed E-state index contributed by atoms with van der Waals surface area (Å²) in [5.41, 5.74) is 7.61. The lowest BCUT2D eigenvalue weighted by Gasteiger charge is -2.43. The number of rotatable bonds is 8. The smallest absolute Gasteiger partial charge is 0.362 e. The zero-order valence-corrected chi connectivity index (χ0v) is 19.4. The summed E-state index contributed by atoms with van der Waals surface area (Å²) in [6, 6.07) is 8.47. The molecule has 3 rings (SSSR count). The van der Waals surface area contributed by atoms with E-state index in [9.17, 15) is 4.79 Å². The molecule has 0 amide bonds. The first-order valence-electron chi connectivity index (χ1n) is 11.0. The van der Waals surface area contributed by atoms with Crippen LogP contribution in [-0.2, 0) is 16.0 Å². The van der Waals surface area contributed by atoms with Crippen molar-refractivity contribution < 1.29 is 35.7 Å². The first-order valence-corrected chi connectivity index (χ1v) is 11.0. The Hall–Kier alpha value is -1.11. The normalized spacial score (nSPS) is 25.1. The van der Waals surface area contributed by atoms with Crippen LogP contribution >= 0.6 is 0 Å². The van der Waals surface area contributed by atoms with Crippen LogP contribution in [0, 0.1) is 0 Å². The second kappa shape index (κ2) is 11.9. The summed E-state index contributed by atoms with van der Waals surface area (Å²) in [4.78, 5) is 12.7. The molecule has 0 aromatic heterocycles. The fourth-order valence-electron chi connectivity index (χ4n) is 4.89. The van der Waals surface area contributed by atoms with Crippen molar-refractivity contribution in [1.29, 1.82) is 0 Å². The third-order valence-corrected chi connectivity index (χ3v) is 6.40. The molecule has 2 fully saturated rings. The second-order valence-electron chi connectivity index (χ2n) is 8.73. The molecule has 2 atom stereocenters. The number of nitrogens with zero attached hydrogens (tertiary/aromatic N) is 1. The van der Waals surface area contributed by atoms with Gasteiger partial charge in [-0.2, -0.15) is 0 Å². The van der Waals surface area contributed by atoms with Crippen LogP contribution in [0.2, 0.25) is 0 Å². The maximum Gasteiger partial charge on any atom is 0.362 e. The summed E-state index contributed by atoms with van der Waals surface area (Å²) in [7, 11) is 1.69. The topological polar surface area (TPSA) is 61.5 Å². The molecule has 1 aromatic carbocycles. The van der Waals surface area contributed by atoms with Gasteiger partial charge in [0.05, 0.1) is 32.8 Å². The molecule has 1 aliphatic heterocycles.